The molecule has 0 aliphatic carbocycles. The van der Waals surface area contributed by atoms with Crippen molar-refractivity contribution >= 4 is 16.0 Å². The highest BCUT2D eigenvalue weighted by Crippen LogP contribution is 2.34. The minimum Gasteiger partial charge on any atom is -0.481 e. The van der Waals surface area contributed by atoms with Gasteiger partial charge in [-0.1, -0.05) is 31.0 Å². The van der Waals surface area contributed by atoms with Crippen molar-refractivity contribution < 1.29 is 13.2 Å². The fraction of sp³-hybridized carbons (Fsp3) is 0.545. The van der Waals surface area contributed by atoms with Gasteiger partial charge in [0, 0.05) is 37.9 Å². The van der Waals surface area contributed by atoms with Gasteiger partial charge in [0.15, 0.2) is 0 Å². The van der Waals surface area contributed by atoms with E-state index in [4.69, 9.17) is 4.74 Å². The first kappa shape index (κ1) is 21.1. The van der Waals surface area contributed by atoms with Crippen LogP contribution in [0.3, 0.4) is 0 Å². The number of benzene rings is 1. The monoisotopic (exact) mass is 430 g/mol. The molecule has 2 aromatic rings. The second-order valence-electron chi connectivity index (χ2n) is 8.07. The topological polar surface area (TPSA) is 75.6 Å². The summed E-state index contributed by atoms with van der Waals surface area (Å²) in [4.78, 5) is 11.4. The molecule has 0 radical (unpaired) electrons. The maximum Gasteiger partial charge on any atom is 0.243 e. The van der Waals surface area contributed by atoms with Crippen LogP contribution in [0.25, 0.3) is 0 Å². The average molecular weight is 431 g/mol. The van der Waals surface area contributed by atoms with Crippen LogP contribution >= 0.6 is 0 Å². The van der Waals surface area contributed by atoms with Crippen LogP contribution < -0.4 is 9.64 Å². The molecule has 8 heteroatoms. The van der Waals surface area contributed by atoms with Crippen molar-refractivity contribution in [3.63, 3.8) is 0 Å². The SMILES string of the molecule is COc1ccnc(N2CCC(C3CCCCCN3S(=O)(=O)c3ccccc3)CC2)n1. The quantitative estimate of drug-likeness (QED) is 0.724. The Morgan fingerprint density at radius 3 is 2.47 bits per heavy atom. The lowest BCUT2D eigenvalue weighted by Gasteiger charge is -2.40. The van der Waals surface area contributed by atoms with Gasteiger partial charge in [-0.2, -0.15) is 9.29 Å². The van der Waals surface area contributed by atoms with E-state index in [0.717, 1.165) is 51.6 Å². The van der Waals surface area contributed by atoms with Crippen LogP contribution in [0.15, 0.2) is 47.5 Å². The van der Waals surface area contributed by atoms with Gasteiger partial charge in [0.25, 0.3) is 0 Å². The van der Waals surface area contributed by atoms with Gasteiger partial charge in [-0.05, 0) is 43.7 Å². The Morgan fingerprint density at radius 2 is 1.73 bits per heavy atom. The second-order valence-corrected chi connectivity index (χ2v) is 9.96. The molecule has 1 atom stereocenters. The third-order valence-corrected chi connectivity index (χ3v) is 8.23. The highest BCUT2D eigenvalue weighted by Gasteiger charge is 2.38. The predicted molar refractivity (Wildman–Crippen MR) is 116 cm³/mol. The largest absolute Gasteiger partial charge is 0.481 e. The fourth-order valence-electron chi connectivity index (χ4n) is 4.69. The number of anilines is 1. The van der Waals surface area contributed by atoms with Crippen molar-refractivity contribution in [3.05, 3.63) is 42.6 Å². The average Bonchev–Trinajstić information content (AvgIpc) is 3.07. The van der Waals surface area contributed by atoms with Crippen LogP contribution in [0.2, 0.25) is 0 Å². The molecule has 2 aliphatic heterocycles. The van der Waals surface area contributed by atoms with Crippen LogP contribution in [-0.2, 0) is 10.0 Å². The predicted octanol–water partition coefficient (Wildman–Crippen LogP) is 3.34. The molecule has 0 saturated carbocycles. The molecule has 1 aromatic carbocycles. The van der Waals surface area contributed by atoms with Crippen LogP contribution in [0, 0.1) is 5.92 Å². The maximum absolute atomic E-state index is 13.4. The van der Waals surface area contributed by atoms with E-state index in [1.54, 1.807) is 47.9 Å². The number of methoxy groups -OCH3 is 1. The molecule has 2 fully saturated rings. The molecule has 0 bridgehead atoms. The number of aromatic nitrogens is 2. The molecular formula is C22H30N4O3S. The van der Waals surface area contributed by atoms with Crippen molar-refractivity contribution in [1.82, 2.24) is 14.3 Å². The first-order valence-corrected chi connectivity index (χ1v) is 12.2. The number of piperidine rings is 1. The van der Waals surface area contributed by atoms with Crippen molar-refractivity contribution in [2.24, 2.45) is 5.92 Å². The van der Waals surface area contributed by atoms with Crippen LogP contribution in [-0.4, -0.2) is 55.5 Å². The number of sulfonamides is 1. The number of hydrogen-bond donors (Lipinski definition) is 0. The van der Waals surface area contributed by atoms with Crippen molar-refractivity contribution in [1.29, 1.82) is 0 Å². The molecule has 0 amide bonds. The van der Waals surface area contributed by atoms with E-state index >= 15 is 0 Å². The van der Waals surface area contributed by atoms with E-state index in [2.05, 4.69) is 14.9 Å². The summed E-state index contributed by atoms with van der Waals surface area (Å²) in [7, 11) is -1.88. The van der Waals surface area contributed by atoms with Gasteiger partial charge in [0.2, 0.25) is 21.9 Å². The van der Waals surface area contributed by atoms with Crippen molar-refractivity contribution in [2.45, 2.75) is 49.5 Å². The normalized spacial score (nSPS) is 21.9. The molecule has 1 unspecified atom stereocenters. The van der Waals surface area contributed by atoms with Gasteiger partial charge in [0.1, 0.15) is 0 Å². The molecule has 0 spiro atoms. The second kappa shape index (κ2) is 9.31. The van der Waals surface area contributed by atoms with E-state index in [9.17, 15) is 8.42 Å². The summed E-state index contributed by atoms with van der Waals surface area (Å²) in [5.74, 6) is 1.59. The van der Waals surface area contributed by atoms with Gasteiger partial charge in [-0.15, -0.1) is 0 Å². The zero-order valence-electron chi connectivity index (χ0n) is 17.5. The zero-order valence-corrected chi connectivity index (χ0v) is 18.3. The Labute approximate surface area is 179 Å². The first-order valence-electron chi connectivity index (χ1n) is 10.8. The Morgan fingerprint density at radius 1 is 0.967 bits per heavy atom. The number of nitrogens with zero attached hydrogens (tertiary/aromatic N) is 4. The standard InChI is InChI=1S/C22H30N4O3S/c1-29-21-11-14-23-22(24-21)25-16-12-18(13-17-25)20-10-6-3-7-15-26(20)30(27,28)19-8-4-2-5-9-19/h2,4-5,8-9,11,14,18,20H,3,6-7,10,12-13,15-17H2,1H3. The van der Waals surface area contributed by atoms with Gasteiger partial charge >= 0.3 is 0 Å². The molecule has 2 aliphatic rings. The molecule has 162 valence electrons. The maximum atomic E-state index is 13.4. The Balaban J connectivity index is 1.50. The molecule has 0 N–H and O–H groups in total. The highest BCUT2D eigenvalue weighted by molar-refractivity contribution is 7.89. The van der Waals surface area contributed by atoms with E-state index in [1.165, 1.54) is 0 Å². The molecule has 4 rings (SSSR count). The number of hydrogen-bond acceptors (Lipinski definition) is 6. The van der Waals surface area contributed by atoms with Crippen molar-refractivity contribution in [2.75, 3.05) is 31.6 Å². The lowest BCUT2D eigenvalue weighted by Crippen LogP contribution is -2.48. The zero-order chi connectivity index (χ0) is 21.0. The fourth-order valence-corrected chi connectivity index (χ4v) is 6.46. The highest BCUT2D eigenvalue weighted by atomic mass is 32.2. The lowest BCUT2D eigenvalue weighted by molar-refractivity contribution is 0.205. The minimum atomic E-state index is -3.48. The van der Waals surface area contributed by atoms with Crippen molar-refractivity contribution in [3.8, 4) is 5.88 Å². The third-order valence-electron chi connectivity index (χ3n) is 6.29. The smallest absolute Gasteiger partial charge is 0.243 e. The Kier molecular flexibility index (Phi) is 6.53. The Hall–Kier alpha value is -2.19. The summed E-state index contributed by atoms with van der Waals surface area (Å²) in [6.07, 6.45) is 7.63. The number of rotatable bonds is 5. The summed E-state index contributed by atoms with van der Waals surface area (Å²) >= 11 is 0. The van der Waals surface area contributed by atoms with Crippen LogP contribution in [0.4, 0.5) is 5.95 Å². The molecule has 1 aromatic heterocycles. The summed E-state index contributed by atoms with van der Waals surface area (Å²) in [5.41, 5.74) is 0. The molecule has 2 saturated heterocycles. The first-order chi connectivity index (χ1) is 14.6. The van der Waals surface area contributed by atoms with E-state index in [1.807, 2.05) is 6.07 Å². The molecule has 3 heterocycles. The van der Waals surface area contributed by atoms with E-state index in [0.29, 0.717) is 29.2 Å². The minimum absolute atomic E-state index is 0.0612. The van der Waals surface area contributed by atoms with Crippen LogP contribution in [0.5, 0.6) is 5.88 Å². The van der Waals surface area contributed by atoms with Gasteiger partial charge in [-0.3, -0.25) is 0 Å². The summed E-state index contributed by atoms with van der Waals surface area (Å²) in [5, 5.41) is 0. The third kappa shape index (κ3) is 4.44. The van der Waals surface area contributed by atoms with E-state index < -0.39 is 10.0 Å². The lowest BCUT2D eigenvalue weighted by atomic mass is 9.87. The molecule has 7 nitrogen and oxygen atoms in total. The van der Waals surface area contributed by atoms with Gasteiger partial charge in [-0.25, -0.2) is 13.4 Å². The molecular weight excluding hydrogens is 400 g/mol. The van der Waals surface area contributed by atoms with Gasteiger partial charge < -0.3 is 9.64 Å². The summed E-state index contributed by atoms with van der Waals surface area (Å²) < 4.78 is 33.9. The van der Waals surface area contributed by atoms with Gasteiger partial charge in [0.05, 0.1) is 12.0 Å². The molecule has 30 heavy (non-hydrogen) atoms. The Bertz CT molecular complexity index is 930. The van der Waals surface area contributed by atoms with Crippen LogP contribution in [0.1, 0.15) is 38.5 Å². The van der Waals surface area contributed by atoms with E-state index in [-0.39, 0.29) is 6.04 Å². The summed E-state index contributed by atoms with van der Waals surface area (Å²) in [6, 6.07) is 10.7. The summed E-state index contributed by atoms with van der Waals surface area (Å²) in [6.45, 7) is 2.27. The number of ether oxygens (including phenoxy) is 1.